The molecule has 110 valence electrons. The quantitative estimate of drug-likeness (QED) is 0.483. The highest BCUT2D eigenvalue weighted by atomic mass is 16.3. The zero-order valence-corrected chi connectivity index (χ0v) is 11.7. The van der Waals surface area contributed by atoms with Crippen LogP contribution in [0, 0.1) is 0 Å². The topological polar surface area (TPSA) is 71.5 Å². The van der Waals surface area contributed by atoms with Crippen molar-refractivity contribution in [2.45, 2.75) is 31.5 Å². The first-order valence-corrected chi connectivity index (χ1v) is 7.13. The number of hydrogen-bond acceptors (Lipinski definition) is 4. The molecule has 3 N–H and O–H groups in total. The summed E-state index contributed by atoms with van der Waals surface area (Å²) in [5.74, 6) is 6.05. The molecule has 1 atom stereocenters. The number of nitrogens with one attached hydrogen (secondary N) is 1. The summed E-state index contributed by atoms with van der Waals surface area (Å²) in [7, 11) is 0. The molecule has 1 saturated carbocycles. The second-order valence-corrected chi connectivity index (χ2v) is 5.30. The third-order valence-corrected chi connectivity index (χ3v) is 3.77. The van der Waals surface area contributed by atoms with E-state index in [4.69, 9.17) is 10.3 Å². The molecule has 1 amide bonds. The molecule has 1 aromatic heterocycles. The largest absolute Gasteiger partial charge is 0.468 e. The Balaban J connectivity index is 1.90. The van der Waals surface area contributed by atoms with Gasteiger partial charge in [-0.3, -0.25) is 15.1 Å². The van der Waals surface area contributed by atoms with E-state index in [-0.39, 0.29) is 5.91 Å². The van der Waals surface area contributed by atoms with E-state index in [2.05, 4.69) is 10.3 Å². The van der Waals surface area contributed by atoms with Crippen LogP contribution in [0.2, 0.25) is 0 Å². The molecule has 21 heavy (non-hydrogen) atoms. The fraction of sp³-hybridized carbons (Fsp3) is 0.312. The van der Waals surface area contributed by atoms with Crippen molar-refractivity contribution >= 4 is 5.91 Å². The Bertz CT molecular complexity index is 579. The molecule has 1 unspecified atom stereocenters. The number of carbonyl (C=O) groups is 1. The van der Waals surface area contributed by atoms with Crippen molar-refractivity contribution in [1.29, 1.82) is 0 Å². The van der Waals surface area contributed by atoms with Gasteiger partial charge in [0.1, 0.15) is 11.8 Å². The van der Waals surface area contributed by atoms with Gasteiger partial charge in [-0.05, 0) is 30.5 Å². The zero-order valence-electron chi connectivity index (χ0n) is 11.7. The van der Waals surface area contributed by atoms with Crippen molar-refractivity contribution in [1.82, 2.24) is 10.3 Å². The first-order valence-electron chi connectivity index (χ1n) is 7.13. The molecule has 1 heterocycles. The van der Waals surface area contributed by atoms with Gasteiger partial charge in [0.2, 0.25) is 0 Å². The molecule has 2 aromatic rings. The molecule has 1 aliphatic rings. The van der Waals surface area contributed by atoms with Crippen LogP contribution in [-0.4, -0.2) is 16.8 Å². The lowest BCUT2D eigenvalue weighted by molar-refractivity contribution is -0.127. The van der Waals surface area contributed by atoms with E-state index in [9.17, 15) is 4.79 Å². The Kier molecular flexibility index (Phi) is 4.03. The summed E-state index contributed by atoms with van der Waals surface area (Å²) < 4.78 is 5.44. The number of furan rings is 1. The van der Waals surface area contributed by atoms with Crippen molar-refractivity contribution in [3.63, 3.8) is 0 Å². The normalized spacial score (nSPS) is 15.9. The predicted octanol–water partition coefficient (Wildman–Crippen LogP) is 1.98. The summed E-state index contributed by atoms with van der Waals surface area (Å²) in [5, 5.41) is 0. The number of carbonyl (C=O) groups excluding carboxylic acids is 1. The summed E-state index contributed by atoms with van der Waals surface area (Å²) in [5.41, 5.74) is 3.24. The Morgan fingerprint density at radius 3 is 2.62 bits per heavy atom. The maximum atomic E-state index is 12.3. The van der Waals surface area contributed by atoms with Gasteiger partial charge < -0.3 is 4.42 Å². The Morgan fingerprint density at radius 1 is 1.29 bits per heavy atom. The highest BCUT2D eigenvalue weighted by molar-refractivity contribution is 5.82. The van der Waals surface area contributed by atoms with Gasteiger partial charge in [0, 0.05) is 6.04 Å². The van der Waals surface area contributed by atoms with E-state index in [1.807, 2.05) is 42.5 Å². The molecule has 3 rings (SSSR count). The molecule has 0 bridgehead atoms. The number of benzene rings is 1. The first-order chi connectivity index (χ1) is 10.3. The van der Waals surface area contributed by atoms with Crippen molar-refractivity contribution in [3.05, 3.63) is 60.1 Å². The van der Waals surface area contributed by atoms with Gasteiger partial charge in [0.05, 0.1) is 12.8 Å². The predicted molar refractivity (Wildman–Crippen MR) is 78.8 cm³/mol. The van der Waals surface area contributed by atoms with Crippen LogP contribution in [0.5, 0.6) is 0 Å². The Morgan fingerprint density at radius 2 is 2.05 bits per heavy atom. The van der Waals surface area contributed by atoms with E-state index in [1.54, 1.807) is 6.26 Å². The molecule has 0 spiro atoms. The van der Waals surface area contributed by atoms with Gasteiger partial charge in [-0.15, -0.1) is 0 Å². The van der Waals surface area contributed by atoms with Gasteiger partial charge in [0.25, 0.3) is 5.91 Å². The third-order valence-electron chi connectivity index (χ3n) is 3.77. The summed E-state index contributed by atoms with van der Waals surface area (Å²) in [6.07, 6.45) is 3.85. The summed E-state index contributed by atoms with van der Waals surface area (Å²) >= 11 is 0. The molecule has 5 nitrogen and oxygen atoms in total. The van der Waals surface area contributed by atoms with Crippen LogP contribution in [0.4, 0.5) is 0 Å². The maximum Gasteiger partial charge on any atom is 0.255 e. The Hall–Kier alpha value is -2.11. The number of nitrogens with zero attached hydrogens (tertiary/aromatic N) is 1. The average Bonchev–Trinajstić information content (AvgIpc) is 3.24. The van der Waals surface area contributed by atoms with Crippen LogP contribution in [-0.2, 0) is 11.3 Å². The smallest absolute Gasteiger partial charge is 0.255 e. The number of rotatable bonds is 6. The molecule has 0 aliphatic heterocycles. The standard InChI is InChI=1S/C16H19N3O2/c17-18-16(20)15(12-5-2-1-3-6-12)19(13-8-9-13)11-14-7-4-10-21-14/h1-7,10,13,15H,8-9,11,17H2,(H,18,20). The second kappa shape index (κ2) is 6.11. The van der Waals surface area contributed by atoms with E-state index in [1.165, 1.54) is 0 Å². The van der Waals surface area contributed by atoms with Gasteiger partial charge in [-0.2, -0.15) is 0 Å². The van der Waals surface area contributed by atoms with Crippen LogP contribution in [0.1, 0.15) is 30.2 Å². The Labute approximate surface area is 123 Å². The van der Waals surface area contributed by atoms with Crippen LogP contribution in [0.3, 0.4) is 0 Å². The molecular formula is C16H19N3O2. The minimum atomic E-state index is -0.395. The number of hydrazine groups is 1. The molecular weight excluding hydrogens is 266 g/mol. The summed E-state index contributed by atoms with van der Waals surface area (Å²) in [4.78, 5) is 14.5. The van der Waals surface area contributed by atoms with Gasteiger partial charge in [-0.25, -0.2) is 5.84 Å². The second-order valence-electron chi connectivity index (χ2n) is 5.30. The van der Waals surface area contributed by atoms with Crippen LogP contribution in [0.15, 0.2) is 53.1 Å². The van der Waals surface area contributed by atoms with E-state index in [0.717, 1.165) is 24.2 Å². The number of amides is 1. The van der Waals surface area contributed by atoms with Crippen molar-refractivity contribution in [2.75, 3.05) is 0 Å². The monoisotopic (exact) mass is 285 g/mol. The van der Waals surface area contributed by atoms with Crippen LogP contribution in [0.25, 0.3) is 0 Å². The third kappa shape index (κ3) is 3.15. The highest BCUT2D eigenvalue weighted by Crippen LogP contribution is 2.36. The van der Waals surface area contributed by atoms with Crippen molar-refractivity contribution < 1.29 is 9.21 Å². The van der Waals surface area contributed by atoms with Gasteiger partial charge >= 0.3 is 0 Å². The van der Waals surface area contributed by atoms with Gasteiger partial charge in [-0.1, -0.05) is 30.3 Å². The highest BCUT2D eigenvalue weighted by Gasteiger charge is 2.38. The first kappa shape index (κ1) is 13.9. The lowest BCUT2D eigenvalue weighted by Gasteiger charge is -2.30. The van der Waals surface area contributed by atoms with Crippen molar-refractivity contribution in [2.24, 2.45) is 5.84 Å². The maximum absolute atomic E-state index is 12.3. The lowest BCUT2D eigenvalue weighted by atomic mass is 10.0. The number of nitrogens with two attached hydrogens (primary N) is 1. The molecule has 1 aliphatic carbocycles. The minimum Gasteiger partial charge on any atom is -0.468 e. The molecule has 5 heteroatoms. The molecule has 1 aromatic carbocycles. The van der Waals surface area contributed by atoms with Gasteiger partial charge in [0.15, 0.2) is 0 Å². The van der Waals surface area contributed by atoms with Crippen LogP contribution < -0.4 is 11.3 Å². The molecule has 0 radical (unpaired) electrons. The van der Waals surface area contributed by atoms with E-state index < -0.39 is 6.04 Å². The van der Waals surface area contributed by atoms with Crippen molar-refractivity contribution in [3.8, 4) is 0 Å². The fourth-order valence-corrected chi connectivity index (χ4v) is 2.63. The van der Waals surface area contributed by atoms with E-state index >= 15 is 0 Å². The minimum absolute atomic E-state index is 0.195. The summed E-state index contributed by atoms with van der Waals surface area (Å²) in [6, 6.07) is 13.5. The van der Waals surface area contributed by atoms with E-state index in [0.29, 0.717) is 12.6 Å². The molecule has 1 fully saturated rings. The lowest BCUT2D eigenvalue weighted by Crippen LogP contribution is -2.44. The molecule has 0 saturated heterocycles. The fourth-order valence-electron chi connectivity index (χ4n) is 2.63. The zero-order chi connectivity index (χ0) is 14.7. The number of hydrogen-bond donors (Lipinski definition) is 2. The summed E-state index contributed by atoms with van der Waals surface area (Å²) in [6.45, 7) is 0.602. The SMILES string of the molecule is NNC(=O)C(c1ccccc1)N(Cc1ccco1)C1CC1. The van der Waals surface area contributed by atoms with Crippen LogP contribution >= 0.6 is 0 Å². The average molecular weight is 285 g/mol.